The molecule has 2 aliphatic rings. The zero-order chi connectivity index (χ0) is 22.1. The van der Waals surface area contributed by atoms with Crippen LogP contribution in [0.2, 0.25) is 0 Å². The Morgan fingerprint density at radius 2 is 1.78 bits per heavy atom. The Balaban J connectivity index is 1.21. The highest BCUT2D eigenvalue weighted by Gasteiger charge is 2.48. The Hall–Kier alpha value is -3.43. The first kappa shape index (κ1) is 20.5. The quantitative estimate of drug-likeness (QED) is 0.608. The van der Waals surface area contributed by atoms with E-state index in [0.29, 0.717) is 36.2 Å². The maximum Gasteiger partial charge on any atom is 0.251 e. The van der Waals surface area contributed by atoms with E-state index in [1.165, 1.54) is 0 Å². The van der Waals surface area contributed by atoms with E-state index in [-0.39, 0.29) is 30.2 Å². The van der Waals surface area contributed by atoms with Crippen molar-refractivity contribution in [2.75, 3.05) is 37.5 Å². The lowest BCUT2D eigenvalue weighted by atomic mass is 10.1. The molecule has 1 aromatic carbocycles. The van der Waals surface area contributed by atoms with Crippen LogP contribution in [0.25, 0.3) is 11.5 Å². The van der Waals surface area contributed by atoms with Crippen molar-refractivity contribution in [1.29, 1.82) is 0 Å². The van der Waals surface area contributed by atoms with Crippen molar-refractivity contribution >= 4 is 17.5 Å². The third kappa shape index (κ3) is 4.04. The van der Waals surface area contributed by atoms with E-state index in [9.17, 15) is 4.79 Å². The van der Waals surface area contributed by atoms with Gasteiger partial charge in [-0.05, 0) is 42.5 Å². The summed E-state index contributed by atoms with van der Waals surface area (Å²) in [6.07, 6.45) is 2.86. The molecule has 0 radical (unpaired) electrons. The van der Waals surface area contributed by atoms with Crippen LogP contribution in [-0.2, 0) is 9.47 Å². The smallest absolute Gasteiger partial charge is 0.251 e. The normalized spacial score (nSPS) is 24.2. The van der Waals surface area contributed by atoms with Crippen molar-refractivity contribution in [3.8, 4) is 11.5 Å². The summed E-state index contributed by atoms with van der Waals surface area (Å²) in [4.78, 5) is 23.5. The van der Waals surface area contributed by atoms with Crippen molar-refractivity contribution in [3.63, 3.8) is 0 Å². The second kappa shape index (κ2) is 8.60. The minimum absolute atomic E-state index is 0.117. The number of furan rings is 1. The third-order valence-corrected chi connectivity index (χ3v) is 5.76. The van der Waals surface area contributed by atoms with E-state index in [1.54, 1.807) is 18.5 Å². The van der Waals surface area contributed by atoms with Gasteiger partial charge < -0.3 is 29.4 Å². The van der Waals surface area contributed by atoms with E-state index in [1.807, 2.05) is 55.4 Å². The van der Waals surface area contributed by atoms with Gasteiger partial charge in [0.2, 0.25) is 5.95 Å². The summed E-state index contributed by atoms with van der Waals surface area (Å²) in [6, 6.07) is 12.6. The van der Waals surface area contributed by atoms with Gasteiger partial charge in [0.05, 0.1) is 31.6 Å². The second-order valence-corrected chi connectivity index (χ2v) is 8.11. The van der Waals surface area contributed by atoms with Crippen LogP contribution in [0.15, 0.2) is 59.3 Å². The summed E-state index contributed by atoms with van der Waals surface area (Å²) in [5, 5.41) is 6.36. The summed E-state index contributed by atoms with van der Waals surface area (Å²) in [5.74, 6) is 1.01. The number of hydrogen-bond acceptors (Lipinski definition) is 8. The van der Waals surface area contributed by atoms with E-state index in [4.69, 9.17) is 13.9 Å². The number of carbonyl (C=O) groups is 1. The van der Waals surface area contributed by atoms with Crippen molar-refractivity contribution < 1.29 is 18.7 Å². The average Bonchev–Trinajstić information content (AvgIpc) is 3.55. The Bertz CT molecular complexity index is 1070. The molecule has 0 saturated carbocycles. The molecule has 0 bridgehead atoms. The Morgan fingerprint density at radius 1 is 1.03 bits per heavy atom. The molecule has 166 valence electrons. The van der Waals surface area contributed by atoms with Crippen LogP contribution in [0.5, 0.6) is 0 Å². The molecule has 2 N–H and O–H groups in total. The third-order valence-electron chi connectivity index (χ3n) is 5.76. The molecule has 4 atom stereocenters. The van der Waals surface area contributed by atoms with Gasteiger partial charge in [0.25, 0.3) is 5.91 Å². The zero-order valence-electron chi connectivity index (χ0n) is 17.9. The summed E-state index contributed by atoms with van der Waals surface area (Å²) in [6.45, 7) is 0.829. The van der Waals surface area contributed by atoms with Crippen LogP contribution < -0.4 is 15.5 Å². The lowest BCUT2D eigenvalue weighted by Crippen LogP contribution is -2.44. The van der Waals surface area contributed by atoms with E-state index in [2.05, 4.69) is 20.6 Å². The Morgan fingerprint density at radius 3 is 2.50 bits per heavy atom. The first-order valence-corrected chi connectivity index (χ1v) is 10.5. The topological polar surface area (TPSA) is 102 Å². The number of anilines is 2. The fourth-order valence-corrected chi connectivity index (χ4v) is 4.07. The molecule has 9 heteroatoms. The summed E-state index contributed by atoms with van der Waals surface area (Å²) in [7, 11) is 3.93. The molecule has 9 nitrogen and oxygen atoms in total. The molecule has 4 unspecified atom stereocenters. The summed E-state index contributed by atoms with van der Waals surface area (Å²) >= 11 is 0. The van der Waals surface area contributed by atoms with Gasteiger partial charge >= 0.3 is 0 Å². The first-order valence-electron chi connectivity index (χ1n) is 10.5. The minimum atomic E-state index is -0.231. The van der Waals surface area contributed by atoms with E-state index in [0.717, 1.165) is 5.69 Å². The molecule has 2 aromatic heterocycles. The number of benzene rings is 1. The van der Waals surface area contributed by atoms with Crippen molar-refractivity contribution in [3.05, 3.63) is 60.5 Å². The number of nitrogens with one attached hydrogen (secondary N) is 2. The minimum Gasteiger partial charge on any atom is -0.463 e. The van der Waals surface area contributed by atoms with Crippen molar-refractivity contribution in [1.82, 2.24) is 15.3 Å². The van der Waals surface area contributed by atoms with E-state index >= 15 is 0 Å². The molecule has 5 rings (SSSR count). The van der Waals surface area contributed by atoms with Crippen LogP contribution in [-0.4, -0.2) is 67.5 Å². The van der Waals surface area contributed by atoms with Crippen molar-refractivity contribution in [2.45, 2.75) is 24.3 Å². The Labute approximate surface area is 185 Å². The van der Waals surface area contributed by atoms with Crippen LogP contribution in [0.4, 0.5) is 11.6 Å². The number of nitrogens with zero attached hydrogens (tertiary/aromatic N) is 3. The molecular formula is C23H25N5O4. The number of ether oxygens (including phenoxy) is 2. The van der Waals surface area contributed by atoms with Gasteiger partial charge in [-0.3, -0.25) is 4.79 Å². The van der Waals surface area contributed by atoms with Gasteiger partial charge in [-0.25, -0.2) is 9.97 Å². The van der Waals surface area contributed by atoms with Gasteiger partial charge in [0, 0.05) is 31.5 Å². The summed E-state index contributed by atoms with van der Waals surface area (Å²) < 4.78 is 17.4. The standard InChI is InChI=1S/C23H25N5O4/c1-28(2)15-7-5-14(6-8-15)22(29)25-17-12-31-21-18(13-32-20(17)21)27-23-24-10-9-16(26-23)19-4-3-11-30-19/h3-11,17-18,20-21H,12-13H2,1-2H3,(H,25,29)(H,24,26,27). The molecule has 2 fully saturated rings. The number of rotatable bonds is 6. The van der Waals surface area contributed by atoms with Crippen LogP contribution in [0, 0.1) is 0 Å². The molecular weight excluding hydrogens is 410 g/mol. The SMILES string of the molecule is CN(C)c1ccc(C(=O)NC2COC3C(Nc4nccc(-c5ccco5)n4)COC23)cc1. The molecule has 2 saturated heterocycles. The number of fused-ring (bicyclic) bond motifs is 1. The molecule has 0 spiro atoms. The van der Waals surface area contributed by atoms with Gasteiger partial charge in [-0.1, -0.05) is 0 Å². The predicted octanol–water partition coefficient (Wildman–Crippen LogP) is 2.18. The highest BCUT2D eigenvalue weighted by atomic mass is 16.6. The van der Waals surface area contributed by atoms with Gasteiger partial charge in [-0.15, -0.1) is 0 Å². The largest absolute Gasteiger partial charge is 0.463 e. The number of amides is 1. The molecule has 4 heterocycles. The van der Waals surface area contributed by atoms with Gasteiger partial charge in [-0.2, -0.15) is 0 Å². The monoisotopic (exact) mass is 435 g/mol. The fraction of sp³-hybridized carbons (Fsp3) is 0.348. The maximum absolute atomic E-state index is 12.7. The van der Waals surface area contributed by atoms with Crippen LogP contribution in [0.1, 0.15) is 10.4 Å². The highest BCUT2D eigenvalue weighted by Crippen LogP contribution is 2.29. The number of hydrogen-bond donors (Lipinski definition) is 2. The molecule has 2 aliphatic heterocycles. The number of aromatic nitrogens is 2. The predicted molar refractivity (Wildman–Crippen MR) is 119 cm³/mol. The molecule has 1 amide bonds. The Kier molecular flexibility index (Phi) is 5.50. The summed E-state index contributed by atoms with van der Waals surface area (Å²) in [5.41, 5.74) is 2.34. The molecule has 3 aromatic rings. The maximum atomic E-state index is 12.7. The molecule has 32 heavy (non-hydrogen) atoms. The second-order valence-electron chi connectivity index (χ2n) is 8.11. The van der Waals surface area contributed by atoms with E-state index < -0.39 is 0 Å². The number of carbonyl (C=O) groups excluding carboxylic acids is 1. The lowest BCUT2D eigenvalue weighted by Gasteiger charge is -2.19. The van der Waals surface area contributed by atoms with Crippen LogP contribution in [0.3, 0.4) is 0 Å². The fourth-order valence-electron chi connectivity index (χ4n) is 4.07. The first-order chi connectivity index (χ1) is 15.6. The van der Waals surface area contributed by atoms with Gasteiger partial charge in [0.1, 0.15) is 17.9 Å². The highest BCUT2D eigenvalue weighted by molar-refractivity contribution is 5.94. The van der Waals surface area contributed by atoms with Gasteiger partial charge in [0.15, 0.2) is 5.76 Å². The molecule has 0 aliphatic carbocycles. The zero-order valence-corrected chi connectivity index (χ0v) is 17.9. The van der Waals surface area contributed by atoms with Crippen molar-refractivity contribution in [2.24, 2.45) is 0 Å². The van der Waals surface area contributed by atoms with Crippen LogP contribution >= 0.6 is 0 Å². The average molecular weight is 435 g/mol. The lowest BCUT2D eigenvalue weighted by molar-refractivity contribution is 0.0652.